The predicted molar refractivity (Wildman–Crippen MR) is 109 cm³/mol. The van der Waals surface area contributed by atoms with Gasteiger partial charge in [-0.05, 0) is 36.4 Å². The Labute approximate surface area is 162 Å². The Morgan fingerprint density at radius 2 is 1.74 bits per heavy atom. The number of carbonyl (C=O) groups excluding carboxylic acids is 1. The maximum atomic E-state index is 12.6. The first kappa shape index (κ1) is 18.2. The van der Waals surface area contributed by atoms with Crippen LogP contribution >= 0.6 is 11.3 Å². The average molecular weight is 401 g/mol. The van der Waals surface area contributed by atoms with Gasteiger partial charge >= 0.3 is 0 Å². The summed E-state index contributed by atoms with van der Waals surface area (Å²) in [6, 6.07) is 17.0. The molecule has 1 aromatic heterocycles. The summed E-state index contributed by atoms with van der Waals surface area (Å²) in [5, 5.41) is 4.99. The molecule has 1 saturated heterocycles. The second-order valence-corrected chi connectivity index (χ2v) is 9.92. The van der Waals surface area contributed by atoms with Crippen LogP contribution in [0.2, 0.25) is 0 Å². The van der Waals surface area contributed by atoms with Crippen molar-refractivity contribution in [3.8, 4) is 0 Å². The van der Waals surface area contributed by atoms with E-state index < -0.39 is 10.0 Å². The van der Waals surface area contributed by atoms with Crippen molar-refractivity contribution < 1.29 is 13.2 Å². The van der Waals surface area contributed by atoms with E-state index >= 15 is 0 Å². The molecule has 140 valence electrons. The van der Waals surface area contributed by atoms with E-state index in [2.05, 4.69) is 5.32 Å². The fourth-order valence-corrected chi connectivity index (χ4v) is 6.36. The van der Waals surface area contributed by atoms with Crippen molar-refractivity contribution in [2.75, 3.05) is 18.4 Å². The third-order valence-electron chi connectivity index (χ3n) is 4.69. The minimum atomic E-state index is -3.42. The lowest BCUT2D eigenvalue weighted by Gasteiger charge is -2.13. The van der Waals surface area contributed by atoms with E-state index in [1.165, 1.54) is 15.6 Å². The van der Waals surface area contributed by atoms with Crippen molar-refractivity contribution in [2.24, 2.45) is 0 Å². The van der Waals surface area contributed by atoms with Crippen LogP contribution < -0.4 is 5.32 Å². The lowest BCUT2D eigenvalue weighted by Crippen LogP contribution is -2.27. The largest absolute Gasteiger partial charge is 0.325 e. The number of anilines is 1. The molecular formula is C20H20N2O3S2. The smallest absolute Gasteiger partial charge is 0.252 e. The maximum Gasteiger partial charge on any atom is 0.252 e. The molecule has 1 N–H and O–H groups in total. The number of thiophene rings is 1. The van der Waals surface area contributed by atoms with Crippen molar-refractivity contribution in [1.82, 2.24) is 4.31 Å². The molecule has 0 saturated carbocycles. The number of benzene rings is 2. The second kappa shape index (κ2) is 7.42. The molecule has 1 amide bonds. The number of nitrogens with one attached hydrogen (secondary N) is 1. The van der Waals surface area contributed by atoms with Gasteiger partial charge in [0.15, 0.2) is 0 Å². The zero-order valence-electron chi connectivity index (χ0n) is 14.7. The molecule has 2 heterocycles. The van der Waals surface area contributed by atoms with Crippen molar-refractivity contribution in [1.29, 1.82) is 0 Å². The van der Waals surface area contributed by atoms with Crippen molar-refractivity contribution in [2.45, 2.75) is 23.5 Å². The Morgan fingerprint density at radius 1 is 1.00 bits per heavy atom. The molecule has 27 heavy (non-hydrogen) atoms. The number of rotatable bonds is 5. The van der Waals surface area contributed by atoms with Gasteiger partial charge in [0, 0.05) is 29.0 Å². The monoisotopic (exact) mass is 400 g/mol. The normalized spacial score (nSPS) is 15.3. The standard InChI is InChI=1S/C20H20N2O3S2/c23-19(21-18-9-5-7-15-6-1-2-8-17(15)18)14-16-10-11-20(26-16)27(24,25)22-12-3-4-13-22/h1-2,5-11H,3-4,12-14H2,(H,21,23). The van der Waals surface area contributed by atoms with E-state index in [1.54, 1.807) is 12.1 Å². The fraction of sp³-hybridized carbons (Fsp3) is 0.250. The second-order valence-electron chi connectivity index (χ2n) is 6.58. The van der Waals surface area contributed by atoms with Crippen LogP contribution in [0.15, 0.2) is 58.8 Å². The summed E-state index contributed by atoms with van der Waals surface area (Å²) in [6.45, 7) is 1.16. The number of hydrogen-bond donors (Lipinski definition) is 1. The SMILES string of the molecule is O=C(Cc1ccc(S(=O)(=O)N2CCCC2)s1)Nc1cccc2ccccc12. The van der Waals surface area contributed by atoms with E-state index in [4.69, 9.17) is 0 Å². The molecule has 2 aromatic carbocycles. The van der Waals surface area contributed by atoms with Gasteiger partial charge in [-0.15, -0.1) is 11.3 Å². The van der Waals surface area contributed by atoms with Crippen LogP contribution in [0.4, 0.5) is 5.69 Å². The molecule has 1 fully saturated rings. The van der Waals surface area contributed by atoms with Crippen molar-refractivity contribution in [3.63, 3.8) is 0 Å². The molecule has 0 bridgehead atoms. The Balaban J connectivity index is 1.48. The first-order valence-corrected chi connectivity index (χ1v) is 11.2. The molecule has 4 rings (SSSR count). The molecule has 0 aliphatic carbocycles. The summed E-state index contributed by atoms with van der Waals surface area (Å²) in [4.78, 5) is 13.2. The van der Waals surface area contributed by atoms with Crippen molar-refractivity contribution >= 4 is 43.7 Å². The first-order valence-electron chi connectivity index (χ1n) is 8.90. The summed E-state index contributed by atoms with van der Waals surface area (Å²) < 4.78 is 27.1. The Morgan fingerprint density at radius 3 is 2.56 bits per heavy atom. The molecule has 1 aliphatic rings. The van der Waals surface area contributed by atoms with Crippen molar-refractivity contribution in [3.05, 3.63) is 59.5 Å². The number of sulfonamides is 1. The van der Waals surface area contributed by atoms with Crippen LogP contribution in [0.5, 0.6) is 0 Å². The lowest BCUT2D eigenvalue weighted by molar-refractivity contribution is -0.115. The summed E-state index contributed by atoms with van der Waals surface area (Å²) in [7, 11) is -3.42. The van der Waals surface area contributed by atoms with Gasteiger partial charge in [0.25, 0.3) is 10.0 Å². The summed E-state index contributed by atoms with van der Waals surface area (Å²) >= 11 is 1.18. The van der Waals surface area contributed by atoms with Crippen LogP contribution in [0.25, 0.3) is 10.8 Å². The van der Waals surface area contributed by atoms with Gasteiger partial charge < -0.3 is 5.32 Å². The van der Waals surface area contributed by atoms with Crippen LogP contribution in [0.3, 0.4) is 0 Å². The minimum Gasteiger partial charge on any atom is -0.325 e. The zero-order chi connectivity index (χ0) is 18.9. The molecule has 0 radical (unpaired) electrons. The Kier molecular flexibility index (Phi) is 4.99. The number of nitrogens with zero attached hydrogens (tertiary/aromatic N) is 1. The highest BCUT2D eigenvalue weighted by Gasteiger charge is 2.28. The van der Waals surface area contributed by atoms with Gasteiger partial charge in [0.05, 0.1) is 6.42 Å². The summed E-state index contributed by atoms with van der Waals surface area (Å²) in [5.41, 5.74) is 0.763. The molecule has 5 nitrogen and oxygen atoms in total. The van der Waals surface area contributed by atoms with Crippen LogP contribution in [0, 0.1) is 0 Å². The molecule has 3 aromatic rings. The van der Waals surface area contributed by atoms with Gasteiger partial charge in [-0.3, -0.25) is 4.79 Å². The number of carbonyl (C=O) groups is 1. The van der Waals surface area contributed by atoms with E-state index in [0.717, 1.165) is 34.2 Å². The molecule has 0 spiro atoms. The van der Waals surface area contributed by atoms with Gasteiger partial charge in [-0.25, -0.2) is 8.42 Å². The van der Waals surface area contributed by atoms with Crippen LogP contribution in [0.1, 0.15) is 17.7 Å². The first-order chi connectivity index (χ1) is 13.0. The molecule has 1 aliphatic heterocycles. The Hall–Kier alpha value is -2.22. The van der Waals surface area contributed by atoms with E-state index in [0.29, 0.717) is 17.3 Å². The third-order valence-corrected chi connectivity index (χ3v) is 8.15. The van der Waals surface area contributed by atoms with Gasteiger partial charge in [0.2, 0.25) is 5.91 Å². The number of hydrogen-bond acceptors (Lipinski definition) is 4. The summed E-state index contributed by atoms with van der Waals surface area (Å²) in [5.74, 6) is -0.154. The third kappa shape index (κ3) is 3.76. The predicted octanol–water partition coefficient (Wildman–Crippen LogP) is 3.87. The molecule has 7 heteroatoms. The number of amides is 1. The Bertz CT molecular complexity index is 1080. The molecule has 0 atom stereocenters. The maximum absolute atomic E-state index is 12.6. The lowest BCUT2D eigenvalue weighted by atomic mass is 10.1. The van der Waals surface area contributed by atoms with E-state index in [9.17, 15) is 13.2 Å². The zero-order valence-corrected chi connectivity index (χ0v) is 16.4. The summed E-state index contributed by atoms with van der Waals surface area (Å²) in [6.07, 6.45) is 1.97. The highest BCUT2D eigenvalue weighted by molar-refractivity contribution is 7.91. The molecule has 0 unspecified atom stereocenters. The highest BCUT2D eigenvalue weighted by atomic mass is 32.2. The number of fused-ring (bicyclic) bond motifs is 1. The van der Waals surface area contributed by atoms with Gasteiger partial charge in [-0.1, -0.05) is 36.4 Å². The highest BCUT2D eigenvalue weighted by Crippen LogP contribution is 2.28. The van der Waals surface area contributed by atoms with E-state index in [-0.39, 0.29) is 12.3 Å². The molecular weight excluding hydrogens is 380 g/mol. The van der Waals surface area contributed by atoms with Gasteiger partial charge in [0.1, 0.15) is 4.21 Å². The van der Waals surface area contributed by atoms with Crippen LogP contribution in [-0.2, 0) is 21.2 Å². The van der Waals surface area contributed by atoms with Crippen LogP contribution in [-0.4, -0.2) is 31.7 Å². The topological polar surface area (TPSA) is 66.5 Å². The van der Waals surface area contributed by atoms with Gasteiger partial charge in [-0.2, -0.15) is 4.31 Å². The average Bonchev–Trinajstić information content (AvgIpc) is 3.34. The minimum absolute atomic E-state index is 0.154. The van der Waals surface area contributed by atoms with E-state index in [1.807, 2.05) is 42.5 Å². The quantitative estimate of drug-likeness (QED) is 0.707. The fourth-order valence-electron chi connectivity index (χ4n) is 3.33.